The van der Waals surface area contributed by atoms with Crippen LogP contribution in [0.2, 0.25) is 0 Å². The van der Waals surface area contributed by atoms with Crippen LogP contribution in [0.25, 0.3) is 0 Å². The Labute approximate surface area is 192 Å². The molecule has 1 heterocycles. The molecule has 12 heteroatoms. The summed E-state index contributed by atoms with van der Waals surface area (Å²) in [6.07, 6.45) is -7.19. The number of nitrogens with one attached hydrogen (secondary N) is 1. The highest BCUT2D eigenvalue weighted by molar-refractivity contribution is 5.91. The normalized spacial score (nSPS) is 23.5. The molecule has 1 saturated heterocycles. The molecule has 3 rings (SSSR count). The number of anilines is 1. The molecule has 190 valence electrons. The fourth-order valence-electron chi connectivity index (χ4n) is 4.55. The molecule has 6 nitrogen and oxygen atoms in total. The van der Waals surface area contributed by atoms with Crippen molar-refractivity contribution in [2.24, 2.45) is 11.7 Å². The molecule has 0 bridgehead atoms. The lowest BCUT2D eigenvalue weighted by Gasteiger charge is -2.40. The molecule has 1 aromatic rings. The lowest BCUT2D eigenvalue weighted by molar-refractivity contribution is -0.144. The monoisotopic (exact) mass is 495 g/mol. The molecule has 4 N–H and O–H groups in total. The smallest absolute Gasteiger partial charge is 0.389 e. The van der Waals surface area contributed by atoms with E-state index in [2.05, 4.69) is 0 Å². The zero-order valence-corrected chi connectivity index (χ0v) is 18.3. The Morgan fingerprint density at radius 1 is 1.00 bits per heavy atom. The maximum Gasteiger partial charge on any atom is 0.416 e. The van der Waals surface area contributed by atoms with Crippen LogP contribution in [0.5, 0.6) is 0 Å². The van der Waals surface area contributed by atoms with Crippen molar-refractivity contribution < 1.29 is 41.0 Å². The summed E-state index contributed by atoms with van der Waals surface area (Å²) in [5.74, 6) is -1.31. The number of nitrogens with two attached hydrogens (primary N) is 1. The van der Waals surface area contributed by atoms with Crippen LogP contribution in [0.4, 0.5) is 32.0 Å². The summed E-state index contributed by atoms with van der Waals surface area (Å²) >= 11 is 0. The van der Waals surface area contributed by atoms with Crippen LogP contribution in [0.1, 0.15) is 56.1 Å². The van der Waals surface area contributed by atoms with Crippen molar-refractivity contribution in [1.82, 2.24) is 4.90 Å². The number of alkyl halides is 6. The third-order valence-corrected chi connectivity index (χ3v) is 6.50. The van der Waals surface area contributed by atoms with Gasteiger partial charge in [-0.1, -0.05) is 12.8 Å². The average molecular weight is 495 g/mol. The SMILES string of the molecule is N[C@@H]1CCCC[C@@H]1C(=O)N1CCC(O)(CC(=O)Nc2cc(C(F)(F)F)cc(C(F)(F)F)c2)CC1. The van der Waals surface area contributed by atoms with E-state index >= 15 is 0 Å². The van der Waals surface area contributed by atoms with Gasteiger partial charge in [-0.2, -0.15) is 26.3 Å². The largest absolute Gasteiger partial charge is 0.416 e. The van der Waals surface area contributed by atoms with Crippen molar-refractivity contribution in [1.29, 1.82) is 0 Å². The first kappa shape index (κ1) is 26.3. The number of hydrogen-bond acceptors (Lipinski definition) is 4. The molecule has 0 unspecified atom stereocenters. The number of amides is 2. The van der Waals surface area contributed by atoms with Crippen LogP contribution >= 0.6 is 0 Å². The zero-order chi connectivity index (χ0) is 25.3. The van der Waals surface area contributed by atoms with E-state index in [0.29, 0.717) is 18.6 Å². The summed E-state index contributed by atoms with van der Waals surface area (Å²) in [6, 6.07) is 0.563. The quantitative estimate of drug-likeness (QED) is 0.552. The van der Waals surface area contributed by atoms with Gasteiger partial charge in [-0.05, 0) is 43.9 Å². The Bertz CT molecular complexity index is 878. The van der Waals surface area contributed by atoms with E-state index < -0.39 is 47.1 Å². The first-order valence-electron chi connectivity index (χ1n) is 11.0. The second-order valence-electron chi connectivity index (χ2n) is 9.12. The third kappa shape index (κ3) is 6.41. The van der Waals surface area contributed by atoms with Gasteiger partial charge < -0.3 is 21.1 Å². The van der Waals surface area contributed by atoms with Gasteiger partial charge in [-0.15, -0.1) is 0 Å². The van der Waals surface area contributed by atoms with E-state index in [1.54, 1.807) is 4.90 Å². The molecule has 2 aliphatic rings. The molecule has 1 aliphatic heterocycles. The summed E-state index contributed by atoms with van der Waals surface area (Å²) in [5.41, 5.74) is 0.751. The fraction of sp³-hybridized carbons (Fsp3) is 0.636. The van der Waals surface area contributed by atoms with Gasteiger partial charge in [0.05, 0.1) is 29.1 Å². The summed E-state index contributed by atoms with van der Waals surface area (Å²) in [7, 11) is 0. The van der Waals surface area contributed by atoms with Crippen molar-refractivity contribution in [3.05, 3.63) is 29.3 Å². The molecular weight excluding hydrogens is 468 g/mol. The molecule has 1 aromatic carbocycles. The lowest BCUT2D eigenvalue weighted by atomic mass is 9.82. The van der Waals surface area contributed by atoms with Crippen molar-refractivity contribution >= 4 is 17.5 Å². The van der Waals surface area contributed by atoms with E-state index in [-0.39, 0.29) is 49.9 Å². The molecule has 2 amide bonds. The number of halogens is 6. The van der Waals surface area contributed by atoms with Crippen molar-refractivity contribution in [2.45, 2.75) is 68.9 Å². The summed E-state index contributed by atoms with van der Waals surface area (Å²) in [4.78, 5) is 26.7. The minimum absolute atomic E-state index is 0.0336. The molecule has 0 spiro atoms. The molecule has 1 aliphatic carbocycles. The number of aliphatic hydroxyl groups is 1. The van der Waals surface area contributed by atoms with Crippen LogP contribution in [-0.2, 0) is 21.9 Å². The minimum Gasteiger partial charge on any atom is -0.389 e. The molecule has 2 atom stereocenters. The Kier molecular flexibility index (Phi) is 7.51. The molecular formula is C22H27F6N3O3. The van der Waals surface area contributed by atoms with Crippen LogP contribution in [-0.4, -0.2) is 46.6 Å². The Morgan fingerprint density at radius 3 is 2.03 bits per heavy atom. The Morgan fingerprint density at radius 2 is 1.53 bits per heavy atom. The van der Waals surface area contributed by atoms with E-state index in [0.717, 1.165) is 19.3 Å². The number of nitrogens with zero attached hydrogens (tertiary/aromatic N) is 1. The highest BCUT2D eigenvalue weighted by Gasteiger charge is 2.40. The van der Waals surface area contributed by atoms with Gasteiger partial charge in [0.1, 0.15) is 0 Å². The van der Waals surface area contributed by atoms with Gasteiger partial charge >= 0.3 is 12.4 Å². The highest BCUT2D eigenvalue weighted by Crippen LogP contribution is 2.38. The number of carbonyl (C=O) groups is 2. The number of carbonyl (C=O) groups excluding carboxylic acids is 2. The topological polar surface area (TPSA) is 95.7 Å². The molecule has 0 radical (unpaired) electrons. The third-order valence-electron chi connectivity index (χ3n) is 6.50. The van der Waals surface area contributed by atoms with E-state index in [9.17, 15) is 41.0 Å². The molecule has 2 fully saturated rings. The van der Waals surface area contributed by atoms with Crippen molar-refractivity contribution in [2.75, 3.05) is 18.4 Å². The number of benzene rings is 1. The second-order valence-corrected chi connectivity index (χ2v) is 9.12. The predicted molar refractivity (Wildman–Crippen MR) is 110 cm³/mol. The van der Waals surface area contributed by atoms with E-state index in [1.165, 1.54) is 0 Å². The van der Waals surface area contributed by atoms with Crippen molar-refractivity contribution in [3.8, 4) is 0 Å². The maximum absolute atomic E-state index is 13.0. The lowest BCUT2D eigenvalue weighted by Crippen LogP contribution is -2.52. The molecule has 1 saturated carbocycles. The summed E-state index contributed by atoms with van der Waals surface area (Å²) in [6.45, 7) is 0.348. The van der Waals surface area contributed by atoms with Gasteiger partial charge in [0, 0.05) is 24.8 Å². The highest BCUT2D eigenvalue weighted by atomic mass is 19.4. The molecule has 34 heavy (non-hydrogen) atoms. The average Bonchev–Trinajstić information content (AvgIpc) is 2.72. The first-order valence-corrected chi connectivity index (χ1v) is 11.0. The summed E-state index contributed by atoms with van der Waals surface area (Å²) in [5, 5.41) is 12.8. The predicted octanol–water partition coefficient (Wildman–Crippen LogP) is 3.92. The van der Waals surface area contributed by atoms with Gasteiger partial charge in [0.15, 0.2) is 0 Å². The van der Waals surface area contributed by atoms with Crippen LogP contribution in [0.3, 0.4) is 0 Å². The number of hydrogen-bond donors (Lipinski definition) is 3. The van der Waals surface area contributed by atoms with Gasteiger partial charge in [0.2, 0.25) is 11.8 Å². The maximum atomic E-state index is 13.0. The van der Waals surface area contributed by atoms with Crippen molar-refractivity contribution in [3.63, 3.8) is 0 Å². The number of piperidine rings is 1. The summed E-state index contributed by atoms with van der Waals surface area (Å²) < 4.78 is 78.0. The van der Waals surface area contributed by atoms with E-state index in [4.69, 9.17) is 5.73 Å². The number of rotatable bonds is 4. The first-order chi connectivity index (χ1) is 15.7. The number of likely N-dealkylation sites (tertiary alicyclic amines) is 1. The van der Waals surface area contributed by atoms with Gasteiger partial charge in [0.25, 0.3) is 0 Å². The molecule has 0 aromatic heterocycles. The second kappa shape index (κ2) is 9.73. The van der Waals surface area contributed by atoms with Gasteiger partial charge in [-0.3, -0.25) is 9.59 Å². The zero-order valence-electron chi connectivity index (χ0n) is 18.3. The Balaban J connectivity index is 1.62. The Hall–Kier alpha value is -2.34. The minimum atomic E-state index is -5.04. The van der Waals surface area contributed by atoms with Crippen LogP contribution < -0.4 is 11.1 Å². The standard InChI is InChI=1S/C22H27F6N3O3/c23-21(24,25)13-9-14(22(26,27)28)11-15(10-13)30-18(32)12-20(34)5-7-31(8-6-20)19(33)16-3-1-2-4-17(16)29/h9-11,16-17,34H,1-8,12,29H2,(H,30,32)/t16-,17+/m0/s1. The van der Waals surface area contributed by atoms with Crippen LogP contribution in [0.15, 0.2) is 18.2 Å². The fourth-order valence-corrected chi connectivity index (χ4v) is 4.55. The van der Waals surface area contributed by atoms with Gasteiger partial charge in [-0.25, -0.2) is 0 Å². The van der Waals surface area contributed by atoms with E-state index in [1.807, 2.05) is 5.32 Å². The van der Waals surface area contributed by atoms with Crippen LogP contribution in [0, 0.1) is 5.92 Å².